The van der Waals surface area contributed by atoms with Gasteiger partial charge in [0.1, 0.15) is 0 Å². The molecule has 0 radical (unpaired) electrons. The topological polar surface area (TPSA) is 64.1 Å². The predicted octanol–water partition coefficient (Wildman–Crippen LogP) is 2.75. The van der Waals surface area contributed by atoms with Crippen LogP contribution in [-0.4, -0.2) is 23.0 Å². The molecule has 1 N–H and O–H groups in total. The van der Waals surface area contributed by atoms with E-state index in [4.69, 9.17) is 0 Å². The molecule has 124 valence electrons. The van der Waals surface area contributed by atoms with E-state index in [9.17, 15) is 4.79 Å². The van der Waals surface area contributed by atoms with Crippen molar-refractivity contribution in [3.8, 4) is 0 Å². The number of carbonyl (C=O) groups excluding carboxylic acids is 1. The lowest BCUT2D eigenvalue weighted by Crippen LogP contribution is -2.19. The summed E-state index contributed by atoms with van der Waals surface area (Å²) in [7, 11) is 1.38. The number of methoxy groups -OCH3 is 1. The SMILES string of the molecule is COC(=O)C=Cc1ccc2c(c1)CCC2NCc1cnc(C)cn1. The Bertz CT molecular complexity index is 754. The van der Waals surface area contributed by atoms with Crippen LogP contribution in [0.3, 0.4) is 0 Å². The third kappa shape index (κ3) is 3.86. The Labute approximate surface area is 141 Å². The van der Waals surface area contributed by atoms with Crippen LogP contribution in [0.4, 0.5) is 0 Å². The molecule has 5 nitrogen and oxygen atoms in total. The van der Waals surface area contributed by atoms with Gasteiger partial charge in [0.05, 0.1) is 18.5 Å². The molecule has 24 heavy (non-hydrogen) atoms. The summed E-state index contributed by atoms with van der Waals surface area (Å²) in [4.78, 5) is 19.8. The maximum Gasteiger partial charge on any atom is 0.330 e. The van der Waals surface area contributed by atoms with Gasteiger partial charge < -0.3 is 10.1 Å². The summed E-state index contributed by atoms with van der Waals surface area (Å²) in [5, 5.41) is 3.56. The van der Waals surface area contributed by atoms with E-state index in [2.05, 4.69) is 32.2 Å². The first-order chi connectivity index (χ1) is 11.7. The van der Waals surface area contributed by atoms with Crippen LogP contribution in [0.25, 0.3) is 6.08 Å². The zero-order chi connectivity index (χ0) is 16.9. The summed E-state index contributed by atoms with van der Waals surface area (Å²) < 4.78 is 4.62. The van der Waals surface area contributed by atoms with Gasteiger partial charge in [-0.3, -0.25) is 9.97 Å². The molecule has 1 aliphatic carbocycles. The van der Waals surface area contributed by atoms with E-state index in [-0.39, 0.29) is 5.97 Å². The zero-order valence-corrected chi connectivity index (χ0v) is 14.0. The first-order valence-corrected chi connectivity index (χ1v) is 8.05. The lowest BCUT2D eigenvalue weighted by molar-refractivity contribution is -0.134. The van der Waals surface area contributed by atoms with Gasteiger partial charge in [0.15, 0.2) is 0 Å². The Hall–Kier alpha value is -2.53. The highest BCUT2D eigenvalue weighted by molar-refractivity contribution is 5.86. The molecule has 0 saturated heterocycles. The van der Waals surface area contributed by atoms with Crippen molar-refractivity contribution in [2.75, 3.05) is 7.11 Å². The van der Waals surface area contributed by atoms with Crippen LogP contribution in [0.1, 0.15) is 40.5 Å². The molecular weight excluding hydrogens is 302 g/mol. The number of benzene rings is 1. The number of carbonyl (C=O) groups is 1. The fourth-order valence-electron chi connectivity index (χ4n) is 2.92. The molecule has 1 heterocycles. The van der Waals surface area contributed by atoms with E-state index in [0.717, 1.165) is 29.8 Å². The Balaban J connectivity index is 1.65. The van der Waals surface area contributed by atoms with Gasteiger partial charge >= 0.3 is 5.97 Å². The lowest BCUT2D eigenvalue weighted by Gasteiger charge is -2.14. The Morgan fingerprint density at radius 1 is 1.38 bits per heavy atom. The summed E-state index contributed by atoms with van der Waals surface area (Å²) in [6, 6.07) is 6.64. The van der Waals surface area contributed by atoms with E-state index in [1.807, 2.05) is 19.2 Å². The fourth-order valence-corrected chi connectivity index (χ4v) is 2.92. The van der Waals surface area contributed by atoms with Crippen molar-refractivity contribution in [1.29, 1.82) is 0 Å². The summed E-state index contributed by atoms with van der Waals surface area (Å²) in [5.41, 5.74) is 5.55. The van der Waals surface area contributed by atoms with E-state index < -0.39 is 0 Å². The molecule has 0 bridgehead atoms. The third-order valence-electron chi connectivity index (χ3n) is 4.22. The largest absolute Gasteiger partial charge is 0.466 e. The smallest absolute Gasteiger partial charge is 0.330 e. The highest BCUT2D eigenvalue weighted by atomic mass is 16.5. The van der Waals surface area contributed by atoms with Crippen LogP contribution in [0, 0.1) is 6.92 Å². The van der Waals surface area contributed by atoms with Gasteiger partial charge in [0, 0.05) is 31.1 Å². The second-order valence-corrected chi connectivity index (χ2v) is 5.94. The van der Waals surface area contributed by atoms with Gasteiger partial charge in [-0.25, -0.2) is 4.79 Å². The number of nitrogens with zero attached hydrogens (tertiary/aromatic N) is 2. The van der Waals surface area contributed by atoms with Gasteiger partial charge in [-0.1, -0.05) is 18.2 Å². The van der Waals surface area contributed by atoms with Crippen LogP contribution in [0.15, 0.2) is 36.7 Å². The van der Waals surface area contributed by atoms with Crippen LogP contribution in [0.2, 0.25) is 0 Å². The normalized spacial score (nSPS) is 16.3. The predicted molar refractivity (Wildman–Crippen MR) is 92.2 cm³/mol. The second kappa shape index (κ2) is 7.36. The van der Waals surface area contributed by atoms with E-state index >= 15 is 0 Å². The summed E-state index contributed by atoms with van der Waals surface area (Å²) in [6.45, 7) is 2.64. The van der Waals surface area contributed by atoms with E-state index in [1.54, 1.807) is 12.3 Å². The molecule has 5 heteroatoms. The summed E-state index contributed by atoms with van der Waals surface area (Å²) >= 11 is 0. The molecule has 1 aromatic heterocycles. The quantitative estimate of drug-likeness (QED) is 0.677. The van der Waals surface area contributed by atoms with Crippen LogP contribution in [0.5, 0.6) is 0 Å². The van der Waals surface area contributed by atoms with Crippen molar-refractivity contribution in [3.63, 3.8) is 0 Å². The minimum absolute atomic E-state index is 0.335. The van der Waals surface area contributed by atoms with Crippen molar-refractivity contribution < 1.29 is 9.53 Å². The first kappa shape index (κ1) is 16.3. The average Bonchev–Trinajstić information content (AvgIpc) is 3.01. The highest BCUT2D eigenvalue weighted by Gasteiger charge is 2.22. The van der Waals surface area contributed by atoms with Crippen molar-refractivity contribution in [1.82, 2.24) is 15.3 Å². The van der Waals surface area contributed by atoms with Gasteiger partial charge in [-0.05, 0) is 42.5 Å². The Morgan fingerprint density at radius 2 is 2.25 bits per heavy atom. The van der Waals surface area contributed by atoms with Gasteiger partial charge in [-0.15, -0.1) is 0 Å². The summed E-state index contributed by atoms with van der Waals surface area (Å²) in [6.07, 6.45) is 8.95. The molecule has 0 fully saturated rings. The third-order valence-corrected chi connectivity index (χ3v) is 4.22. The molecule has 2 aromatic rings. The van der Waals surface area contributed by atoms with Crippen molar-refractivity contribution in [2.24, 2.45) is 0 Å². The molecule has 1 aromatic carbocycles. The molecule has 0 aliphatic heterocycles. The molecule has 1 aliphatic rings. The average molecular weight is 323 g/mol. The standard InChI is InChI=1S/C19H21N3O2/c1-13-10-21-16(11-20-13)12-22-18-7-5-15-9-14(3-6-17(15)18)4-8-19(23)24-2/h3-4,6,8-11,18,22H,5,7,12H2,1-2H3. The Morgan fingerprint density at radius 3 is 3.00 bits per heavy atom. The van der Waals surface area contributed by atoms with Gasteiger partial charge in [0.25, 0.3) is 0 Å². The van der Waals surface area contributed by atoms with Gasteiger partial charge in [0.2, 0.25) is 0 Å². The number of nitrogens with one attached hydrogen (secondary N) is 1. The number of aromatic nitrogens is 2. The minimum atomic E-state index is -0.339. The maximum absolute atomic E-state index is 11.2. The number of aryl methyl sites for hydroxylation is 2. The van der Waals surface area contributed by atoms with E-state index in [0.29, 0.717) is 12.6 Å². The highest BCUT2D eigenvalue weighted by Crippen LogP contribution is 2.32. The van der Waals surface area contributed by atoms with Crippen LogP contribution in [-0.2, 0) is 22.5 Å². The minimum Gasteiger partial charge on any atom is -0.466 e. The molecule has 0 amide bonds. The molecule has 1 atom stereocenters. The zero-order valence-electron chi connectivity index (χ0n) is 14.0. The molecule has 0 saturated carbocycles. The maximum atomic E-state index is 11.2. The second-order valence-electron chi connectivity index (χ2n) is 5.94. The first-order valence-electron chi connectivity index (χ1n) is 8.05. The number of hydrogen-bond donors (Lipinski definition) is 1. The van der Waals surface area contributed by atoms with Crippen molar-refractivity contribution >= 4 is 12.0 Å². The molecule has 3 rings (SSSR count). The van der Waals surface area contributed by atoms with E-state index in [1.165, 1.54) is 24.3 Å². The number of rotatable bonds is 5. The van der Waals surface area contributed by atoms with Crippen molar-refractivity contribution in [2.45, 2.75) is 32.4 Å². The fraction of sp³-hybridized carbons (Fsp3) is 0.316. The molecule has 1 unspecified atom stereocenters. The monoisotopic (exact) mass is 323 g/mol. The lowest BCUT2D eigenvalue weighted by atomic mass is 10.0. The number of hydrogen-bond acceptors (Lipinski definition) is 5. The molecular formula is C19H21N3O2. The van der Waals surface area contributed by atoms with Crippen molar-refractivity contribution in [3.05, 3.63) is 64.7 Å². The van der Waals surface area contributed by atoms with Crippen LogP contribution < -0.4 is 5.32 Å². The molecule has 0 spiro atoms. The summed E-state index contributed by atoms with van der Waals surface area (Å²) in [5.74, 6) is -0.339. The number of fused-ring (bicyclic) bond motifs is 1. The number of ether oxygens (including phenoxy) is 1. The van der Waals surface area contributed by atoms with Crippen LogP contribution >= 0.6 is 0 Å². The van der Waals surface area contributed by atoms with Gasteiger partial charge in [-0.2, -0.15) is 0 Å². The Kier molecular flexibility index (Phi) is 5.01. The number of esters is 1.